The van der Waals surface area contributed by atoms with Crippen molar-refractivity contribution in [2.45, 2.75) is 18.9 Å². The van der Waals surface area contributed by atoms with Crippen LogP contribution in [-0.4, -0.2) is 16.2 Å². The average molecular weight is 626 g/mol. The van der Waals surface area contributed by atoms with Crippen LogP contribution in [0, 0.1) is 0 Å². The second kappa shape index (κ2) is 11.2. The van der Waals surface area contributed by atoms with Crippen molar-refractivity contribution >= 4 is 44.6 Å². The SMILES string of the molecule is C1=Cc2c(c(-c3cc(-c4cc5ccccc5c5ccccc45)nc(-c4ccc(C5N=Cc6ccccc65)cc4)n3)cc3ccccc23)CC1. The Morgan fingerprint density at radius 3 is 2.04 bits per heavy atom. The monoisotopic (exact) mass is 625 g/mol. The molecule has 7 aromatic carbocycles. The number of nitrogens with zero attached hydrogens (tertiary/aromatic N) is 3. The highest BCUT2D eigenvalue weighted by Crippen LogP contribution is 2.40. The molecule has 0 fully saturated rings. The van der Waals surface area contributed by atoms with Crippen molar-refractivity contribution in [2.75, 3.05) is 0 Å². The van der Waals surface area contributed by atoms with E-state index in [1.807, 2.05) is 6.21 Å². The van der Waals surface area contributed by atoms with Gasteiger partial charge in [0, 0.05) is 22.9 Å². The Kier molecular flexibility index (Phi) is 6.38. The lowest BCUT2D eigenvalue weighted by Crippen LogP contribution is -2.02. The summed E-state index contributed by atoms with van der Waals surface area (Å²) in [6.45, 7) is 0. The number of aliphatic imine (C=N–C) groups is 1. The van der Waals surface area contributed by atoms with Gasteiger partial charge in [0.1, 0.15) is 6.04 Å². The maximum absolute atomic E-state index is 5.36. The lowest BCUT2D eigenvalue weighted by atomic mass is 9.86. The van der Waals surface area contributed by atoms with Gasteiger partial charge in [0.15, 0.2) is 5.82 Å². The van der Waals surface area contributed by atoms with Gasteiger partial charge in [-0.3, -0.25) is 4.99 Å². The van der Waals surface area contributed by atoms with Gasteiger partial charge in [-0.25, -0.2) is 9.97 Å². The van der Waals surface area contributed by atoms with E-state index in [2.05, 4.69) is 152 Å². The summed E-state index contributed by atoms with van der Waals surface area (Å²) < 4.78 is 0. The topological polar surface area (TPSA) is 38.1 Å². The van der Waals surface area contributed by atoms with Gasteiger partial charge in [0.2, 0.25) is 0 Å². The van der Waals surface area contributed by atoms with E-state index >= 15 is 0 Å². The zero-order chi connectivity index (χ0) is 32.3. The first-order valence-corrected chi connectivity index (χ1v) is 17.0. The minimum Gasteiger partial charge on any atom is -0.280 e. The van der Waals surface area contributed by atoms with Crippen LogP contribution in [0.4, 0.5) is 0 Å². The summed E-state index contributed by atoms with van der Waals surface area (Å²) in [6, 6.07) is 50.0. The first-order chi connectivity index (χ1) is 24.3. The van der Waals surface area contributed by atoms with Crippen molar-refractivity contribution in [3.8, 4) is 33.9 Å². The van der Waals surface area contributed by atoms with Gasteiger partial charge in [-0.2, -0.15) is 0 Å². The van der Waals surface area contributed by atoms with E-state index in [0.29, 0.717) is 0 Å². The Bertz CT molecular complexity index is 2660. The van der Waals surface area contributed by atoms with Crippen molar-refractivity contribution in [1.29, 1.82) is 0 Å². The molecule has 0 spiro atoms. The Morgan fingerprint density at radius 2 is 1.20 bits per heavy atom. The predicted molar refractivity (Wildman–Crippen MR) is 204 cm³/mol. The molecule has 3 heteroatoms. The third kappa shape index (κ3) is 4.62. The van der Waals surface area contributed by atoms with E-state index < -0.39 is 0 Å². The molecule has 49 heavy (non-hydrogen) atoms. The predicted octanol–water partition coefficient (Wildman–Crippen LogP) is 11.4. The summed E-state index contributed by atoms with van der Waals surface area (Å²) in [5, 5.41) is 7.38. The van der Waals surface area contributed by atoms with Crippen LogP contribution >= 0.6 is 0 Å². The summed E-state index contributed by atoms with van der Waals surface area (Å²) in [5.74, 6) is 0.722. The van der Waals surface area contributed by atoms with Gasteiger partial charge >= 0.3 is 0 Å². The van der Waals surface area contributed by atoms with Crippen LogP contribution in [0.3, 0.4) is 0 Å². The van der Waals surface area contributed by atoms with Gasteiger partial charge in [0.05, 0.1) is 11.4 Å². The second-order valence-electron chi connectivity index (χ2n) is 13.1. The fourth-order valence-electron chi connectivity index (χ4n) is 7.85. The summed E-state index contributed by atoms with van der Waals surface area (Å²) >= 11 is 0. The normalized spacial score (nSPS) is 14.8. The average Bonchev–Trinajstić information content (AvgIpc) is 3.61. The number of rotatable bonds is 4. The molecule has 10 rings (SSSR count). The number of allylic oxidation sites excluding steroid dienone is 1. The van der Waals surface area contributed by atoms with E-state index in [9.17, 15) is 0 Å². The Balaban J connectivity index is 1.20. The van der Waals surface area contributed by atoms with Gasteiger partial charge in [0.25, 0.3) is 0 Å². The zero-order valence-electron chi connectivity index (χ0n) is 26.8. The van der Waals surface area contributed by atoms with Crippen LogP contribution in [0.2, 0.25) is 0 Å². The quantitative estimate of drug-likeness (QED) is 0.183. The first-order valence-electron chi connectivity index (χ1n) is 17.0. The highest BCUT2D eigenvalue weighted by molar-refractivity contribution is 6.13. The summed E-state index contributed by atoms with van der Waals surface area (Å²) in [6.07, 6.45) is 8.59. The van der Waals surface area contributed by atoms with Crippen LogP contribution in [0.15, 0.2) is 151 Å². The van der Waals surface area contributed by atoms with Crippen LogP contribution < -0.4 is 0 Å². The van der Waals surface area contributed by atoms with E-state index in [-0.39, 0.29) is 6.04 Å². The molecule has 8 aromatic rings. The number of benzene rings is 7. The largest absolute Gasteiger partial charge is 0.280 e. The number of fused-ring (bicyclic) bond motifs is 7. The summed E-state index contributed by atoms with van der Waals surface area (Å²) in [5.41, 5.74) is 11.4. The van der Waals surface area contributed by atoms with Gasteiger partial charge in [-0.15, -0.1) is 0 Å². The minimum absolute atomic E-state index is 0.00852. The van der Waals surface area contributed by atoms with Gasteiger partial charge in [-0.1, -0.05) is 133 Å². The van der Waals surface area contributed by atoms with Crippen LogP contribution in [-0.2, 0) is 6.42 Å². The Morgan fingerprint density at radius 1 is 0.551 bits per heavy atom. The molecule has 0 N–H and O–H groups in total. The van der Waals surface area contributed by atoms with Crippen molar-refractivity contribution in [2.24, 2.45) is 4.99 Å². The summed E-state index contributed by atoms with van der Waals surface area (Å²) in [4.78, 5) is 15.5. The molecule has 1 aromatic heterocycles. The van der Waals surface area contributed by atoms with E-state index in [1.54, 1.807) is 0 Å². The summed E-state index contributed by atoms with van der Waals surface area (Å²) in [7, 11) is 0. The highest BCUT2D eigenvalue weighted by Gasteiger charge is 2.22. The van der Waals surface area contributed by atoms with Crippen molar-refractivity contribution in [3.63, 3.8) is 0 Å². The first kappa shape index (κ1) is 27.9. The van der Waals surface area contributed by atoms with E-state index in [1.165, 1.54) is 60.1 Å². The zero-order valence-corrected chi connectivity index (χ0v) is 26.8. The molecule has 2 heterocycles. The Hall–Kier alpha value is -6.19. The molecule has 230 valence electrons. The molecule has 1 atom stereocenters. The Labute approximate surface area is 285 Å². The molecular weight excluding hydrogens is 595 g/mol. The van der Waals surface area contributed by atoms with Gasteiger partial charge < -0.3 is 0 Å². The molecular formula is C46H31N3. The molecule has 0 saturated heterocycles. The molecule has 0 bridgehead atoms. The molecule has 1 aliphatic carbocycles. The number of hydrogen-bond acceptors (Lipinski definition) is 3. The maximum atomic E-state index is 5.36. The molecule has 0 saturated carbocycles. The third-order valence-corrected chi connectivity index (χ3v) is 10.2. The molecule has 1 aliphatic heterocycles. The van der Waals surface area contributed by atoms with Crippen LogP contribution in [0.5, 0.6) is 0 Å². The lowest BCUT2D eigenvalue weighted by molar-refractivity contribution is 0.899. The third-order valence-electron chi connectivity index (χ3n) is 10.2. The van der Waals surface area contributed by atoms with Crippen molar-refractivity contribution in [1.82, 2.24) is 9.97 Å². The van der Waals surface area contributed by atoms with E-state index in [4.69, 9.17) is 15.0 Å². The second-order valence-corrected chi connectivity index (χ2v) is 13.1. The maximum Gasteiger partial charge on any atom is 0.160 e. The van der Waals surface area contributed by atoms with Crippen LogP contribution in [0.25, 0.3) is 72.3 Å². The number of hydrogen-bond donors (Lipinski definition) is 0. The lowest BCUT2D eigenvalue weighted by Gasteiger charge is -2.20. The fraction of sp³-hybridized carbons (Fsp3) is 0.0652. The molecule has 1 unspecified atom stereocenters. The fourth-order valence-corrected chi connectivity index (χ4v) is 7.85. The smallest absolute Gasteiger partial charge is 0.160 e. The van der Waals surface area contributed by atoms with Crippen LogP contribution in [0.1, 0.15) is 40.3 Å². The van der Waals surface area contributed by atoms with Crippen molar-refractivity contribution in [3.05, 3.63) is 173 Å². The number of aromatic nitrogens is 2. The minimum atomic E-state index is 0.00852. The molecule has 3 nitrogen and oxygen atoms in total. The molecule has 0 amide bonds. The van der Waals surface area contributed by atoms with Crippen molar-refractivity contribution < 1.29 is 0 Å². The molecule has 0 radical (unpaired) electrons. The highest BCUT2D eigenvalue weighted by atomic mass is 14.9. The molecule has 2 aliphatic rings. The van der Waals surface area contributed by atoms with E-state index in [0.717, 1.165) is 46.7 Å². The standard InChI is InChI=1S/C46H31N3/c1-4-14-34-31(11-1)25-41(39-19-9-7-17-37(34)39)43-27-44(42-26-32-12-2-5-15-35(32)38-18-8-10-20-40(38)42)49-46(48-43)30-23-21-29(22-24-30)45-36-16-6-3-13-33(36)28-47-45/h1-9,11-19,21-28,45H,10,20H2. The van der Waals surface area contributed by atoms with Gasteiger partial charge in [-0.05, 0) is 91.2 Å².